The summed E-state index contributed by atoms with van der Waals surface area (Å²) in [5, 5.41) is 0. The van der Waals surface area contributed by atoms with Gasteiger partial charge in [0.2, 0.25) is 0 Å². The fraction of sp³-hybridized carbons (Fsp3) is 0.357. The number of hydrogen-bond acceptors (Lipinski definition) is 3. The van der Waals surface area contributed by atoms with E-state index in [1.165, 1.54) is 5.56 Å². The van der Waals surface area contributed by atoms with Crippen molar-refractivity contribution < 1.29 is 14.3 Å². The third-order valence-corrected chi connectivity index (χ3v) is 2.98. The summed E-state index contributed by atoms with van der Waals surface area (Å²) in [5.41, 5.74) is 1.02. The van der Waals surface area contributed by atoms with E-state index in [0.29, 0.717) is 6.61 Å². The van der Waals surface area contributed by atoms with Crippen LogP contribution >= 0.6 is 0 Å². The van der Waals surface area contributed by atoms with Gasteiger partial charge in [0.05, 0.1) is 5.60 Å². The molecule has 1 fully saturated rings. The van der Waals surface area contributed by atoms with Crippen LogP contribution in [0.5, 0.6) is 0 Å². The Morgan fingerprint density at radius 2 is 2.24 bits per heavy atom. The molecule has 0 spiro atoms. The van der Waals surface area contributed by atoms with Gasteiger partial charge >= 0.3 is 5.97 Å². The lowest BCUT2D eigenvalue weighted by Gasteiger charge is -2.06. The molecule has 3 heteroatoms. The summed E-state index contributed by atoms with van der Waals surface area (Å²) in [5.74, 6) is -0.400. The molecule has 90 valence electrons. The largest absolute Gasteiger partial charge is 0.460 e. The minimum Gasteiger partial charge on any atom is -0.460 e. The maximum atomic E-state index is 10.9. The summed E-state index contributed by atoms with van der Waals surface area (Å²) < 4.78 is 10.6. The number of esters is 1. The molecule has 0 radical (unpaired) electrons. The van der Waals surface area contributed by atoms with Crippen molar-refractivity contribution in [2.24, 2.45) is 0 Å². The molecule has 1 aliphatic rings. The second-order valence-corrected chi connectivity index (χ2v) is 4.42. The van der Waals surface area contributed by atoms with Crippen LogP contribution in [0.1, 0.15) is 12.5 Å². The lowest BCUT2D eigenvalue weighted by atomic mass is 9.98. The normalized spacial score (nSPS) is 26.3. The van der Waals surface area contributed by atoms with Gasteiger partial charge in [-0.1, -0.05) is 36.9 Å². The van der Waals surface area contributed by atoms with Gasteiger partial charge in [-0.05, 0) is 12.5 Å². The van der Waals surface area contributed by atoms with Crippen LogP contribution in [0, 0.1) is 0 Å². The van der Waals surface area contributed by atoms with Crippen molar-refractivity contribution in [2.45, 2.75) is 25.0 Å². The third kappa shape index (κ3) is 2.94. The average Bonchev–Trinajstić information content (AvgIpc) is 2.98. The molecule has 1 aromatic carbocycles. The summed E-state index contributed by atoms with van der Waals surface area (Å²) in [6.07, 6.45) is 1.99. The van der Waals surface area contributed by atoms with E-state index in [9.17, 15) is 4.79 Å². The first-order valence-corrected chi connectivity index (χ1v) is 5.65. The molecule has 0 aromatic heterocycles. The van der Waals surface area contributed by atoms with Crippen molar-refractivity contribution in [3.05, 3.63) is 48.6 Å². The van der Waals surface area contributed by atoms with E-state index >= 15 is 0 Å². The smallest absolute Gasteiger partial charge is 0.330 e. The van der Waals surface area contributed by atoms with Crippen LogP contribution in [0.25, 0.3) is 0 Å². The van der Waals surface area contributed by atoms with Gasteiger partial charge in [-0.25, -0.2) is 4.79 Å². The zero-order valence-corrected chi connectivity index (χ0v) is 9.89. The minimum absolute atomic E-state index is 0.00777. The minimum atomic E-state index is -0.400. The van der Waals surface area contributed by atoms with Crippen LogP contribution in [0.15, 0.2) is 43.0 Å². The highest BCUT2D eigenvalue weighted by atomic mass is 16.6. The molecule has 17 heavy (non-hydrogen) atoms. The van der Waals surface area contributed by atoms with E-state index in [1.54, 1.807) is 0 Å². The molecule has 3 nitrogen and oxygen atoms in total. The zero-order valence-electron chi connectivity index (χ0n) is 9.89. The maximum Gasteiger partial charge on any atom is 0.330 e. The Morgan fingerprint density at radius 1 is 1.53 bits per heavy atom. The van der Waals surface area contributed by atoms with E-state index in [1.807, 2.05) is 25.1 Å². The lowest BCUT2D eigenvalue weighted by Crippen LogP contribution is -2.18. The summed E-state index contributed by atoms with van der Waals surface area (Å²) in [4.78, 5) is 10.9. The zero-order chi connectivity index (χ0) is 12.3. The highest BCUT2D eigenvalue weighted by Gasteiger charge is 2.52. The first kappa shape index (κ1) is 11.9. The van der Waals surface area contributed by atoms with Crippen LogP contribution in [0.4, 0.5) is 0 Å². The van der Waals surface area contributed by atoms with Crippen molar-refractivity contribution in [3.63, 3.8) is 0 Å². The molecule has 0 N–H and O–H groups in total. The molecule has 2 rings (SSSR count). The number of epoxide rings is 1. The quantitative estimate of drug-likeness (QED) is 0.443. The number of benzene rings is 1. The van der Waals surface area contributed by atoms with Crippen LogP contribution < -0.4 is 0 Å². The highest BCUT2D eigenvalue weighted by Crippen LogP contribution is 2.39. The van der Waals surface area contributed by atoms with E-state index in [4.69, 9.17) is 9.47 Å². The molecule has 0 amide bonds. The van der Waals surface area contributed by atoms with Gasteiger partial charge in [0.25, 0.3) is 0 Å². The van der Waals surface area contributed by atoms with Crippen LogP contribution in [-0.2, 0) is 20.7 Å². The number of carbonyl (C=O) groups is 1. The first-order valence-electron chi connectivity index (χ1n) is 5.65. The SMILES string of the molecule is C=CC(=O)OCC1OC1(C)Cc1ccccc1. The molecule has 2 unspecified atom stereocenters. The Labute approximate surface area is 101 Å². The van der Waals surface area contributed by atoms with Crippen LogP contribution in [-0.4, -0.2) is 24.3 Å². The molecule has 1 saturated heterocycles. The van der Waals surface area contributed by atoms with Gasteiger partial charge in [0, 0.05) is 12.5 Å². The Bertz CT molecular complexity index is 413. The predicted molar refractivity (Wildman–Crippen MR) is 64.6 cm³/mol. The third-order valence-electron chi connectivity index (χ3n) is 2.98. The van der Waals surface area contributed by atoms with Gasteiger partial charge in [0.15, 0.2) is 0 Å². The molecule has 1 aliphatic heterocycles. The van der Waals surface area contributed by atoms with Crippen molar-refractivity contribution >= 4 is 5.97 Å². The monoisotopic (exact) mass is 232 g/mol. The maximum absolute atomic E-state index is 10.9. The fourth-order valence-corrected chi connectivity index (χ4v) is 1.87. The summed E-state index contributed by atoms with van der Waals surface area (Å²) in [6.45, 7) is 5.68. The summed E-state index contributed by atoms with van der Waals surface area (Å²) >= 11 is 0. The Morgan fingerprint density at radius 3 is 2.88 bits per heavy atom. The van der Waals surface area contributed by atoms with Gasteiger partial charge in [-0.2, -0.15) is 0 Å². The summed E-state index contributed by atoms with van der Waals surface area (Å²) in [6, 6.07) is 10.1. The van der Waals surface area contributed by atoms with E-state index < -0.39 is 5.97 Å². The van der Waals surface area contributed by atoms with Gasteiger partial charge in [0.1, 0.15) is 12.7 Å². The summed E-state index contributed by atoms with van der Waals surface area (Å²) in [7, 11) is 0. The number of rotatable bonds is 5. The Balaban J connectivity index is 1.83. The molecule has 0 saturated carbocycles. The van der Waals surface area contributed by atoms with E-state index in [2.05, 4.69) is 18.7 Å². The number of hydrogen-bond donors (Lipinski definition) is 0. The highest BCUT2D eigenvalue weighted by molar-refractivity contribution is 5.81. The van der Waals surface area contributed by atoms with Crippen molar-refractivity contribution in [3.8, 4) is 0 Å². The van der Waals surface area contributed by atoms with Crippen molar-refractivity contribution in [2.75, 3.05) is 6.61 Å². The first-order chi connectivity index (χ1) is 8.14. The van der Waals surface area contributed by atoms with Crippen molar-refractivity contribution in [1.29, 1.82) is 0 Å². The number of ether oxygens (including phenoxy) is 2. The predicted octanol–water partition coefficient (Wildman–Crippen LogP) is 2.12. The molecular formula is C14H16O3. The number of carbonyl (C=O) groups excluding carboxylic acids is 1. The van der Waals surface area contributed by atoms with Gasteiger partial charge in [-0.15, -0.1) is 0 Å². The molecular weight excluding hydrogens is 216 g/mol. The standard InChI is InChI=1S/C14H16O3/c1-3-13(15)16-10-12-14(2,17-12)9-11-7-5-4-6-8-11/h3-8,12H,1,9-10H2,2H3. The van der Waals surface area contributed by atoms with E-state index in [0.717, 1.165) is 12.5 Å². The topological polar surface area (TPSA) is 38.8 Å². The van der Waals surface area contributed by atoms with E-state index in [-0.39, 0.29) is 11.7 Å². The molecule has 1 heterocycles. The second-order valence-electron chi connectivity index (χ2n) is 4.42. The fourth-order valence-electron chi connectivity index (χ4n) is 1.87. The average molecular weight is 232 g/mol. The molecule has 1 aromatic rings. The van der Waals surface area contributed by atoms with Crippen LogP contribution in [0.2, 0.25) is 0 Å². The lowest BCUT2D eigenvalue weighted by molar-refractivity contribution is -0.138. The van der Waals surface area contributed by atoms with Crippen molar-refractivity contribution in [1.82, 2.24) is 0 Å². The molecule has 2 atom stereocenters. The van der Waals surface area contributed by atoms with Gasteiger partial charge < -0.3 is 9.47 Å². The Kier molecular flexibility index (Phi) is 3.29. The second kappa shape index (κ2) is 4.72. The van der Waals surface area contributed by atoms with Crippen LogP contribution in [0.3, 0.4) is 0 Å². The molecule has 0 aliphatic carbocycles. The van der Waals surface area contributed by atoms with Gasteiger partial charge in [-0.3, -0.25) is 0 Å². The Hall–Kier alpha value is -1.61. The molecule has 0 bridgehead atoms.